The molecule has 188 valence electrons. The summed E-state index contributed by atoms with van der Waals surface area (Å²) in [6.45, 7) is 5.67. The van der Waals surface area contributed by atoms with Crippen molar-refractivity contribution < 1.29 is 14.3 Å². The van der Waals surface area contributed by atoms with E-state index in [1.807, 2.05) is 47.9 Å². The number of amides is 1. The van der Waals surface area contributed by atoms with Crippen LogP contribution in [0.15, 0.2) is 61.2 Å². The number of carbonyl (C=O) groups excluding carboxylic acids is 1. The summed E-state index contributed by atoms with van der Waals surface area (Å²) < 4.78 is 13.9. The molecule has 36 heavy (non-hydrogen) atoms. The number of likely N-dealkylation sites (tertiary alicyclic amines) is 1. The Bertz CT molecular complexity index is 1220. The first-order valence-electron chi connectivity index (χ1n) is 12.2. The van der Waals surface area contributed by atoms with E-state index < -0.39 is 11.4 Å². The fourth-order valence-corrected chi connectivity index (χ4v) is 5.88. The molecule has 0 radical (unpaired) electrons. The Balaban J connectivity index is 1.41. The average Bonchev–Trinajstić information content (AvgIpc) is 3.33. The second kappa shape index (κ2) is 9.75. The maximum Gasteiger partial charge on any atom is 0.228 e. The molecule has 5 atom stereocenters. The third-order valence-electron chi connectivity index (χ3n) is 7.70. The lowest BCUT2D eigenvalue weighted by Crippen LogP contribution is -2.57. The van der Waals surface area contributed by atoms with E-state index in [1.165, 1.54) is 12.3 Å². The van der Waals surface area contributed by atoms with Gasteiger partial charge in [0.25, 0.3) is 0 Å². The Morgan fingerprint density at radius 1 is 1.06 bits per heavy atom. The van der Waals surface area contributed by atoms with Gasteiger partial charge in [-0.3, -0.25) is 19.7 Å². The summed E-state index contributed by atoms with van der Waals surface area (Å²) in [4.78, 5) is 30.7. The van der Waals surface area contributed by atoms with Gasteiger partial charge in [0.15, 0.2) is 0 Å². The molecule has 5 heterocycles. The van der Waals surface area contributed by atoms with Crippen molar-refractivity contribution in [3.8, 4) is 0 Å². The lowest BCUT2D eigenvalue weighted by atomic mass is 9.72. The molecule has 2 aliphatic heterocycles. The SMILES string of the molecule is C[C@@H]1CN(C(=O)[C@@H]2CN(c3cncc(F)c3)C[C@H]2c2ccc(Cl)cn2)C[C@H](C)C1(O)c1ccccn1. The van der Waals surface area contributed by atoms with Gasteiger partial charge in [0.05, 0.1) is 34.7 Å². The second-order valence-corrected chi connectivity index (χ2v) is 10.4. The molecule has 3 aromatic heterocycles. The van der Waals surface area contributed by atoms with Gasteiger partial charge in [0.1, 0.15) is 11.4 Å². The van der Waals surface area contributed by atoms with Gasteiger partial charge in [-0.15, -0.1) is 0 Å². The molecule has 2 saturated heterocycles. The number of anilines is 1. The normalized spacial score (nSPS) is 28.4. The Labute approximate surface area is 215 Å². The minimum absolute atomic E-state index is 0.00498. The summed E-state index contributed by atoms with van der Waals surface area (Å²) in [7, 11) is 0. The van der Waals surface area contributed by atoms with E-state index in [2.05, 4.69) is 15.0 Å². The van der Waals surface area contributed by atoms with Crippen LogP contribution in [-0.4, -0.2) is 57.0 Å². The number of halogens is 2. The quantitative estimate of drug-likeness (QED) is 0.574. The minimum Gasteiger partial charge on any atom is -0.383 e. The first-order chi connectivity index (χ1) is 17.3. The van der Waals surface area contributed by atoms with Crippen molar-refractivity contribution in [1.29, 1.82) is 0 Å². The second-order valence-electron chi connectivity index (χ2n) is 9.97. The summed E-state index contributed by atoms with van der Waals surface area (Å²) >= 11 is 6.06. The number of hydrogen-bond donors (Lipinski definition) is 1. The molecular formula is C27H29ClFN5O2. The molecule has 0 bridgehead atoms. The molecule has 2 fully saturated rings. The van der Waals surface area contributed by atoms with Crippen LogP contribution in [0.5, 0.6) is 0 Å². The molecule has 3 aromatic rings. The van der Waals surface area contributed by atoms with Crippen LogP contribution in [0.4, 0.5) is 10.1 Å². The van der Waals surface area contributed by atoms with Gasteiger partial charge in [-0.2, -0.15) is 0 Å². The molecule has 5 rings (SSSR count). The number of aliphatic hydroxyl groups is 1. The van der Waals surface area contributed by atoms with E-state index in [-0.39, 0.29) is 29.6 Å². The highest BCUT2D eigenvalue weighted by molar-refractivity contribution is 6.30. The predicted molar refractivity (Wildman–Crippen MR) is 135 cm³/mol. The first-order valence-corrected chi connectivity index (χ1v) is 12.5. The number of aromatic nitrogens is 3. The molecule has 1 unspecified atom stereocenters. The first kappa shape index (κ1) is 24.6. The van der Waals surface area contributed by atoms with Gasteiger partial charge in [-0.05, 0) is 24.3 Å². The van der Waals surface area contributed by atoms with Crippen LogP contribution in [0.25, 0.3) is 0 Å². The Morgan fingerprint density at radius 2 is 1.83 bits per heavy atom. The highest BCUT2D eigenvalue weighted by Gasteiger charge is 2.50. The fourth-order valence-electron chi connectivity index (χ4n) is 5.76. The third kappa shape index (κ3) is 4.44. The van der Waals surface area contributed by atoms with E-state index in [0.717, 1.165) is 5.69 Å². The van der Waals surface area contributed by atoms with Gasteiger partial charge in [0.2, 0.25) is 5.91 Å². The molecule has 0 aliphatic carbocycles. The zero-order valence-electron chi connectivity index (χ0n) is 20.3. The van der Waals surface area contributed by atoms with Gasteiger partial charge in [-0.25, -0.2) is 4.39 Å². The molecule has 9 heteroatoms. The van der Waals surface area contributed by atoms with Crippen molar-refractivity contribution in [3.05, 3.63) is 83.4 Å². The van der Waals surface area contributed by atoms with Gasteiger partial charge in [-0.1, -0.05) is 31.5 Å². The maximum atomic E-state index is 14.0. The van der Waals surface area contributed by atoms with Crippen molar-refractivity contribution in [2.45, 2.75) is 25.4 Å². The monoisotopic (exact) mass is 509 g/mol. The van der Waals surface area contributed by atoms with Crippen LogP contribution in [0.1, 0.15) is 31.2 Å². The van der Waals surface area contributed by atoms with Crippen molar-refractivity contribution in [2.75, 3.05) is 31.1 Å². The largest absolute Gasteiger partial charge is 0.383 e. The van der Waals surface area contributed by atoms with Crippen LogP contribution in [0, 0.1) is 23.6 Å². The average molecular weight is 510 g/mol. The maximum absolute atomic E-state index is 14.0. The van der Waals surface area contributed by atoms with E-state index in [9.17, 15) is 14.3 Å². The number of piperidine rings is 1. The minimum atomic E-state index is -1.12. The van der Waals surface area contributed by atoms with E-state index in [0.29, 0.717) is 42.6 Å². The highest BCUT2D eigenvalue weighted by Crippen LogP contribution is 2.42. The molecule has 1 N–H and O–H groups in total. The standard InChI is InChI=1S/C27H29ClFN5O2/c1-17-13-34(14-18(2)27(17,36)25-5-3-4-8-31-25)26(35)23-16-33(21-9-20(29)11-30-12-21)15-22(23)24-7-6-19(28)10-32-24/h3-12,17-18,22-23,36H,13-16H2,1-2H3/t17-,18+,22-,23-,27?/m1/s1. The molecule has 1 amide bonds. The zero-order valence-corrected chi connectivity index (χ0v) is 21.0. The lowest BCUT2D eigenvalue weighted by molar-refractivity contribution is -0.153. The third-order valence-corrected chi connectivity index (χ3v) is 7.92. The smallest absolute Gasteiger partial charge is 0.228 e. The topological polar surface area (TPSA) is 82.5 Å². The Hall–Kier alpha value is -3.10. The fraction of sp³-hybridized carbons (Fsp3) is 0.407. The summed E-state index contributed by atoms with van der Waals surface area (Å²) in [5.74, 6) is -1.42. The van der Waals surface area contributed by atoms with Crippen molar-refractivity contribution in [1.82, 2.24) is 19.9 Å². The van der Waals surface area contributed by atoms with E-state index in [1.54, 1.807) is 24.7 Å². The molecule has 0 aromatic carbocycles. The van der Waals surface area contributed by atoms with Crippen LogP contribution in [0.2, 0.25) is 5.02 Å². The van der Waals surface area contributed by atoms with Crippen LogP contribution in [0.3, 0.4) is 0 Å². The zero-order chi connectivity index (χ0) is 25.4. The van der Waals surface area contributed by atoms with Gasteiger partial charge < -0.3 is 14.9 Å². The van der Waals surface area contributed by atoms with Crippen molar-refractivity contribution >= 4 is 23.2 Å². The summed E-state index contributed by atoms with van der Waals surface area (Å²) in [5.41, 5.74) is 0.914. The van der Waals surface area contributed by atoms with E-state index in [4.69, 9.17) is 11.6 Å². The summed E-state index contributed by atoms with van der Waals surface area (Å²) in [6.07, 6.45) is 6.05. The molecule has 0 spiro atoms. The molecule has 0 saturated carbocycles. The summed E-state index contributed by atoms with van der Waals surface area (Å²) in [5, 5.41) is 12.2. The van der Waals surface area contributed by atoms with Crippen LogP contribution < -0.4 is 4.90 Å². The number of hydrogen-bond acceptors (Lipinski definition) is 6. The van der Waals surface area contributed by atoms with E-state index >= 15 is 0 Å². The van der Waals surface area contributed by atoms with Crippen LogP contribution in [-0.2, 0) is 10.4 Å². The Morgan fingerprint density at radius 3 is 2.47 bits per heavy atom. The molecular weight excluding hydrogens is 481 g/mol. The van der Waals surface area contributed by atoms with Gasteiger partial charge in [0, 0.05) is 68.1 Å². The summed E-state index contributed by atoms with van der Waals surface area (Å²) in [6, 6.07) is 10.6. The van der Waals surface area contributed by atoms with Gasteiger partial charge >= 0.3 is 0 Å². The number of nitrogens with zero attached hydrogens (tertiary/aromatic N) is 5. The number of rotatable bonds is 4. The van der Waals surface area contributed by atoms with Crippen molar-refractivity contribution in [3.63, 3.8) is 0 Å². The lowest BCUT2D eigenvalue weighted by Gasteiger charge is -2.48. The van der Waals surface area contributed by atoms with Crippen LogP contribution >= 0.6 is 11.6 Å². The highest BCUT2D eigenvalue weighted by atomic mass is 35.5. The number of pyridine rings is 3. The predicted octanol–water partition coefficient (Wildman–Crippen LogP) is 3.89. The Kier molecular flexibility index (Phi) is 6.66. The molecule has 7 nitrogen and oxygen atoms in total. The number of carbonyl (C=O) groups is 1. The molecule has 2 aliphatic rings. The van der Waals surface area contributed by atoms with Crippen molar-refractivity contribution in [2.24, 2.45) is 17.8 Å².